The van der Waals surface area contributed by atoms with E-state index in [0.717, 1.165) is 33.4 Å². The average molecular weight is 733 g/mol. The molecule has 2 N–H and O–H groups in total. The van der Waals surface area contributed by atoms with Gasteiger partial charge < -0.3 is 24.0 Å². The molecule has 12 nitrogen and oxygen atoms in total. The Morgan fingerprint density at radius 2 is 1.69 bits per heavy atom. The Hall–Kier alpha value is -6.17. The molecule has 0 saturated carbocycles. The van der Waals surface area contributed by atoms with E-state index in [1.54, 1.807) is 17.0 Å². The van der Waals surface area contributed by atoms with E-state index in [-0.39, 0.29) is 36.2 Å². The van der Waals surface area contributed by atoms with Crippen LogP contribution < -0.4 is 10.1 Å². The number of ether oxygens (including phenoxy) is 1. The first-order chi connectivity index (χ1) is 26.1. The Balaban J connectivity index is 1.13. The first kappa shape index (κ1) is 34.9. The maximum Gasteiger partial charge on any atom is 0.387 e. The second-order valence-electron chi connectivity index (χ2n) is 13.6. The Bertz CT molecular complexity index is 2500. The Kier molecular flexibility index (Phi) is 9.04. The van der Waals surface area contributed by atoms with Gasteiger partial charge in [-0.3, -0.25) is 19.4 Å². The van der Waals surface area contributed by atoms with Gasteiger partial charge in [-0.15, -0.1) is 0 Å². The summed E-state index contributed by atoms with van der Waals surface area (Å²) >= 11 is 0. The number of likely N-dealkylation sites (tertiary alicyclic amines) is 1. The second kappa shape index (κ2) is 14.0. The van der Waals surface area contributed by atoms with Crippen LogP contribution in [0.3, 0.4) is 0 Å². The lowest BCUT2D eigenvalue weighted by molar-refractivity contribution is -0.142. The minimum Gasteiger partial charge on any atom is -0.480 e. The lowest BCUT2D eigenvalue weighted by Crippen LogP contribution is -2.35. The first-order valence-electron chi connectivity index (χ1n) is 17.4. The predicted octanol–water partition coefficient (Wildman–Crippen LogP) is 7.00. The van der Waals surface area contributed by atoms with E-state index in [1.807, 2.05) is 61.2 Å². The highest BCUT2D eigenvalue weighted by molar-refractivity contribution is 5.87. The Morgan fingerprint density at radius 3 is 2.33 bits per heavy atom. The molecule has 0 spiro atoms. The molecule has 54 heavy (non-hydrogen) atoms. The molecule has 0 bridgehead atoms. The number of nitrogens with one attached hydrogen (secondary N) is 1. The van der Waals surface area contributed by atoms with Crippen molar-refractivity contribution in [1.29, 1.82) is 5.26 Å². The number of benzene rings is 4. The van der Waals surface area contributed by atoms with E-state index in [2.05, 4.69) is 11.4 Å². The molecular formula is C40H34F2N6O6. The van der Waals surface area contributed by atoms with E-state index in [0.29, 0.717) is 71.8 Å². The number of carbonyl (C=O) groups excluding carboxylic acids is 1. The number of aromatic nitrogens is 2. The maximum absolute atomic E-state index is 13.5. The smallest absolute Gasteiger partial charge is 0.387 e. The van der Waals surface area contributed by atoms with Gasteiger partial charge in [0.05, 0.1) is 18.8 Å². The molecule has 4 aromatic carbocycles. The number of hydrogen-bond acceptors (Lipinski definition) is 10. The van der Waals surface area contributed by atoms with Crippen molar-refractivity contribution in [1.82, 2.24) is 25.1 Å². The topological polar surface area (TPSA) is 158 Å². The second-order valence-corrected chi connectivity index (χ2v) is 13.6. The van der Waals surface area contributed by atoms with Crippen molar-refractivity contribution >= 4 is 34.1 Å². The predicted molar refractivity (Wildman–Crippen MR) is 193 cm³/mol. The molecule has 0 unspecified atom stereocenters. The molecule has 0 aliphatic carbocycles. The minimum absolute atomic E-state index is 0.0397. The highest BCUT2D eigenvalue weighted by Crippen LogP contribution is 2.39. The normalized spacial score (nSPS) is 16.4. The van der Waals surface area contributed by atoms with Gasteiger partial charge >= 0.3 is 12.6 Å². The summed E-state index contributed by atoms with van der Waals surface area (Å²) in [7, 11) is 0. The number of fused-ring (bicyclic) bond motifs is 2. The zero-order chi connectivity index (χ0) is 37.7. The fourth-order valence-electron chi connectivity index (χ4n) is 7.54. The highest BCUT2D eigenvalue weighted by Gasteiger charge is 2.32. The van der Waals surface area contributed by atoms with Crippen LogP contribution in [0.1, 0.15) is 40.7 Å². The van der Waals surface area contributed by atoms with Crippen LogP contribution >= 0.6 is 0 Å². The standard InChI is InChI=1S/C40H34F2N6O6/c1-21-26(27-7-4-9-29(22(27)2)38-46-31-13-23(12-24(16-43)36(31)54-38)17-47-19-35(49)44-20-47)6-3-8-28(21)37-45-30-14-25(18-48-11-5-10-32(48)39(50)51)33(53-40(41)42)15-34(30)52-37/h3-4,6-9,12-15,32,40H,5,10-11,17-20H2,1-2H3,(H,44,49)(H,50,51)/t32-/m0/s1. The van der Waals surface area contributed by atoms with Gasteiger partial charge in [-0.1, -0.05) is 24.3 Å². The molecule has 274 valence electrons. The van der Waals surface area contributed by atoms with E-state index >= 15 is 0 Å². The Morgan fingerprint density at radius 1 is 1.00 bits per heavy atom. The molecule has 6 aromatic rings. The van der Waals surface area contributed by atoms with Crippen LogP contribution in [-0.4, -0.2) is 69.2 Å². The van der Waals surface area contributed by atoms with Crippen LogP contribution in [0.5, 0.6) is 5.75 Å². The molecule has 1 atom stereocenters. The fourth-order valence-corrected chi connectivity index (χ4v) is 7.54. The number of amides is 1. The zero-order valence-corrected chi connectivity index (χ0v) is 29.4. The number of carbonyl (C=O) groups is 2. The zero-order valence-electron chi connectivity index (χ0n) is 29.4. The average Bonchev–Trinajstić information content (AvgIpc) is 3.95. The number of hydrogen-bond donors (Lipinski definition) is 2. The van der Waals surface area contributed by atoms with Crippen molar-refractivity contribution in [2.24, 2.45) is 0 Å². The van der Waals surface area contributed by atoms with Crippen LogP contribution in [0, 0.1) is 25.2 Å². The third-order valence-electron chi connectivity index (χ3n) is 10.2. The number of nitrogens with zero attached hydrogens (tertiary/aromatic N) is 5. The number of nitriles is 1. The fraction of sp³-hybridized carbons (Fsp3) is 0.275. The highest BCUT2D eigenvalue weighted by atomic mass is 19.3. The van der Waals surface area contributed by atoms with Crippen molar-refractivity contribution < 1.29 is 37.0 Å². The van der Waals surface area contributed by atoms with Gasteiger partial charge in [-0.05, 0) is 91.4 Å². The molecule has 2 fully saturated rings. The number of rotatable bonds is 10. The van der Waals surface area contributed by atoms with E-state index in [9.17, 15) is 28.7 Å². The molecule has 4 heterocycles. The first-order valence-corrected chi connectivity index (χ1v) is 17.4. The van der Waals surface area contributed by atoms with Crippen molar-refractivity contribution in [2.75, 3.05) is 19.8 Å². The maximum atomic E-state index is 13.5. The van der Waals surface area contributed by atoms with Crippen LogP contribution in [0.25, 0.3) is 56.2 Å². The van der Waals surface area contributed by atoms with Gasteiger partial charge in [0.1, 0.15) is 28.9 Å². The summed E-state index contributed by atoms with van der Waals surface area (Å²) in [5, 5.41) is 22.4. The third kappa shape index (κ3) is 6.52. The van der Waals surface area contributed by atoms with Gasteiger partial charge in [-0.25, -0.2) is 9.97 Å². The number of alkyl halides is 2. The van der Waals surface area contributed by atoms with Crippen molar-refractivity contribution in [3.05, 3.63) is 88.5 Å². The van der Waals surface area contributed by atoms with Crippen molar-refractivity contribution in [2.45, 2.75) is 52.4 Å². The molecule has 8 rings (SSSR count). The van der Waals surface area contributed by atoms with Gasteiger partial charge in [0, 0.05) is 35.8 Å². The molecule has 1 amide bonds. The van der Waals surface area contributed by atoms with Crippen molar-refractivity contribution in [3.63, 3.8) is 0 Å². The molecule has 2 aromatic heterocycles. The largest absolute Gasteiger partial charge is 0.480 e. The minimum atomic E-state index is -3.08. The number of oxazole rings is 2. The lowest BCUT2D eigenvalue weighted by Gasteiger charge is -2.22. The van der Waals surface area contributed by atoms with Crippen LogP contribution in [0.2, 0.25) is 0 Å². The number of aliphatic carboxylic acids is 1. The third-order valence-corrected chi connectivity index (χ3v) is 10.2. The molecule has 2 aliphatic rings. The quantitative estimate of drug-likeness (QED) is 0.149. The summed E-state index contributed by atoms with van der Waals surface area (Å²) in [4.78, 5) is 36.7. The number of halogens is 2. The lowest BCUT2D eigenvalue weighted by atomic mass is 9.91. The van der Waals surface area contributed by atoms with Gasteiger partial charge in [-0.2, -0.15) is 14.0 Å². The van der Waals surface area contributed by atoms with Gasteiger partial charge in [0.25, 0.3) is 0 Å². The monoisotopic (exact) mass is 732 g/mol. The summed E-state index contributed by atoms with van der Waals surface area (Å²) in [6.07, 6.45) is 1.17. The van der Waals surface area contributed by atoms with Crippen LogP contribution in [-0.2, 0) is 22.7 Å². The SMILES string of the molecule is Cc1c(-c2nc3cc(CN4CCC[C@H]4C(=O)O)c(OC(F)F)cc3o2)cccc1-c1cccc(-c2nc3cc(CN4CNC(=O)C4)cc(C#N)c3o2)c1C. The molecule has 2 saturated heterocycles. The summed E-state index contributed by atoms with van der Waals surface area (Å²) in [6.45, 7) is 2.68. The van der Waals surface area contributed by atoms with E-state index in [1.165, 1.54) is 6.07 Å². The summed E-state index contributed by atoms with van der Waals surface area (Å²) < 4.78 is 44.2. The summed E-state index contributed by atoms with van der Waals surface area (Å²) in [5.74, 6) is -0.429. The number of carboxylic acid groups (broad SMARTS) is 1. The molecule has 14 heteroatoms. The van der Waals surface area contributed by atoms with Gasteiger partial charge in [0.15, 0.2) is 11.2 Å². The molecular weight excluding hydrogens is 698 g/mol. The van der Waals surface area contributed by atoms with Crippen LogP contribution in [0.4, 0.5) is 8.78 Å². The number of carboxylic acids is 1. The van der Waals surface area contributed by atoms with Crippen LogP contribution in [0.15, 0.2) is 69.5 Å². The van der Waals surface area contributed by atoms with E-state index in [4.69, 9.17) is 23.5 Å². The molecule has 0 radical (unpaired) electrons. The molecule has 2 aliphatic heterocycles. The van der Waals surface area contributed by atoms with Crippen molar-refractivity contribution in [3.8, 4) is 45.9 Å². The van der Waals surface area contributed by atoms with Gasteiger partial charge in [0.2, 0.25) is 17.7 Å². The summed E-state index contributed by atoms with van der Waals surface area (Å²) in [5.41, 5.74) is 8.21. The van der Waals surface area contributed by atoms with E-state index < -0.39 is 18.6 Å². The summed E-state index contributed by atoms with van der Waals surface area (Å²) in [6, 6.07) is 19.7. The Labute approximate surface area is 307 Å².